The van der Waals surface area contributed by atoms with E-state index in [0.717, 1.165) is 4.99 Å². The second kappa shape index (κ2) is 1.30. The van der Waals surface area contributed by atoms with Gasteiger partial charge in [0, 0.05) is 0 Å². The van der Waals surface area contributed by atoms with Crippen molar-refractivity contribution >= 4 is 17.2 Å². The summed E-state index contributed by atoms with van der Waals surface area (Å²) < 4.78 is 0. The molecule has 2 atom stereocenters. The predicted molar refractivity (Wildman–Crippen MR) is 35.6 cm³/mol. The highest BCUT2D eigenvalue weighted by Gasteiger charge is 2.28. The smallest absolute Gasteiger partial charge is 0.0981 e. The van der Waals surface area contributed by atoms with Gasteiger partial charge >= 0.3 is 0 Å². The Kier molecular flexibility index (Phi) is 0.725. The maximum atomic E-state index is 4.95. The summed E-state index contributed by atoms with van der Waals surface area (Å²) in [6.45, 7) is 0. The van der Waals surface area contributed by atoms with Crippen molar-refractivity contribution < 1.29 is 0 Å². The summed E-state index contributed by atoms with van der Waals surface area (Å²) in [7, 11) is 0. The average molecular weight is 126 g/mol. The van der Waals surface area contributed by atoms with Gasteiger partial charge in [0.05, 0.1) is 17.2 Å². The van der Waals surface area contributed by atoms with Crippen LogP contribution >= 0.6 is 12.2 Å². The van der Waals surface area contributed by atoms with Gasteiger partial charge in [-0.2, -0.15) is 0 Å². The van der Waals surface area contributed by atoms with Crippen molar-refractivity contribution in [2.75, 3.05) is 0 Å². The quantitative estimate of drug-likeness (QED) is 0.346. The van der Waals surface area contributed by atoms with E-state index in [9.17, 15) is 0 Å². The molecule has 1 fully saturated rings. The Morgan fingerprint density at radius 2 is 2.38 bits per heavy atom. The van der Waals surface area contributed by atoms with Crippen LogP contribution in [0.3, 0.4) is 0 Å². The van der Waals surface area contributed by atoms with Crippen LogP contribution in [0, 0.1) is 0 Å². The van der Waals surface area contributed by atoms with Crippen LogP contribution in [0.25, 0.3) is 0 Å². The lowest BCUT2D eigenvalue weighted by molar-refractivity contribution is 0.681. The van der Waals surface area contributed by atoms with Crippen LogP contribution in [0.2, 0.25) is 0 Å². The first-order valence-electron chi connectivity index (χ1n) is 2.61. The maximum Gasteiger partial charge on any atom is 0.0981 e. The van der Waals surface area contributed by atoms with E-state index in [1.165, 1.54) is 0 Å². The Morgan fingerprint density at radius 1 is 1.50 bits per heavy atom. The van der Waals surface area contributed by atoms with E-state index in [-0.39, 0.29) is 0 Å². The predicted octanol–water partition coefficient (Wildman–Crippen LogP) is -0.229. The molecule has 3 heteroatoms. The maximum absolute atomic E-state index is 4.95. The van der Waals surface area contributed by atoms with Gasteiger partial charge in [-0.3, -0.25) is 5.32 Å². The summed E-state index contributed by atoms with van der Waals surface area (Å²) in [5.74, 6) is 0. The van der Waals surface area contributed by atoms with E-state index in [1.54, 1.807) is 0 Å². The van der Waals surface area contributed by atoms with Gasteiger partial charge in [0.1, 0.15) is 0 Å². The van der Waals surface area contributed by atoms with Crippen LogP contribution in [-0.4, -0.2) is 17.2 Å². The molecule has 0 aromatic heterocycles. The van der Waals surface area contributed by atoms with Crippen LogP contribution < -0.4 is 10.6 Å². The normalized spacial score (nSPS) is 40.8. The Morgan fingerprint density at radius 3 is 2.62 bits per heavy atom. The lowest BCUT2D eigenvalue weighted by Gasteiger charge is -2.02. The Hall–Kier alpha value is -0.410. The molecule has 8 heavy (non-hydrogen) atoms. The number of hydrogen-bond acceptors (Lipinski definition) is 2. The van der Waals surface area contributed by atoms with Crippen molar-refractivity contribution in [1.29, 1.82) is 0 Å². The number of hydrogen-bond donors (Lipinski definition) is 2. The zero-order chi connectivity index (χ0) is 5.56. The molecule has 0 aromatic carbocycles. The summed E-state index contributed by atoms with van der Waals surface area (Å²) in [4.78, 5) is 0.928. The summed E-state index contributed by atoms with van der Waals surface area (Å²) in [6, 6.07) is 0.329. The minimum Gasteiger partial charge on any atom is -0.359 e. The van der Waals surface area contributed by atoms with Crippen molar-refractivity contribution in [2.45, 2.75) is 12.2 Å². The molecule has 2 aliphatic heterocycles. The van der Waals surface area contributed by atoms with E-state index < -0.39 is 0 Å². The summed E-state index contributed by atoms with van der Waals surface area (Å²) in [5.41, 5.74) is 0. The van der Waals surface area contributed by atoms with Crippen molar-refractivity contribution in [3.63, 3.8) is 0 Å². The molecule has 0 saturated carbocycles. The molecule has 0 radical (unpaired) electrons. The van der Waals surface area contributed by atoms with Crippen LogP contribution in [0.5, 0.6) is 0 Å². The van der Waals surface area contributed by atoms with Gasteiger partial charge in [-0.25, -0.2) is 0 Å². The first-order chi connectivity index (χ1) is 3.86. The van der Waals surface area contributed by atoms with Gasteiger partial charge in [-0.1, -0.05) is 18.3 Å². The van der Waals surface area contributed by atoms with E-state index in [4.69, 9.17) is 12.2 Å². The highest BCUT2D eigenvalue weighted by molar-refractivity contribution is 7.80. The van der Waals surface area contributed by atoms with Gasteiger partial charge in [0.25, 0.3) is 0 Å². The van der Waals surface area contributed by atoms with Crippen LogP contribution in [0.1, 0.15) is 0 Å². The van der Waals surface area contributed by atoms with Gasteiger partial charge in [0.15, 0.2) is 0 Å². The standard InChI is InChI=1S/C5H6N2S/c8-5-3-1-2-4(6-3)7-5/h1-4,6H,(H,7,8)/t3-,4+/m0/s1. The van der Waals surface area contributed by atoms with Crippen molar-refractivity contribution in [2.24, 2.45) is 0 Å². The number of thiocarbonyl (C=S) groups is 1. The van der Waals surface area contributed by atoms with E-state index in [0.29, 0.717) is 12.2 Å². The molecule has 0 unspecified atom stereocenters. The lowest BCUT2D eigenvalue weighted by Crippen LogP contribution is -2.28. The fourth-order valence-electron chi connectivity index (χ4n) is 1.02. The molecule has 0 spiro atoms. The lowest BCUT2D eigenvalue weighted by atomic mass is 10.3. The third-order valence-electron chi connectivity index (χ3n) is 1.44. The van der Waals surface area contributed by atoms with Gasteiger partial charge in [-0.05, 0) is 6.08 Å². The molecule has 0 aromatic rings. The molecule has 0 aliphatic carbocycles. The molecule has 2 nitrogen and oxygen atoms in total. The molecule has 2 aliphatic rings. The largest absolute Gasteiger partial charge is 0.359 e. The number of nitrogens with one attached hydrogen (secondary N) is 2. The molecule has 2 rings (SSSR count). The fraction of sp³-hybridized carbons (Fsp3) is 0.400. The number of rotatable bonds is 0. The summed E-state index contributed by atoms with van der Waals surface area (Å²) in [5, 5.41) is 6.30. The Balaban J connectivity index is 2.35. The first kappa shape index (κ1) is 4.47. The van der Waals surface area contributed by atoms with Crippen molar-refractivity contribution in [1.82, 2.24) is 10.6 Å². The fourth-order valence-corrected chi connectivity index (χ4v) is 1.30. The van der Waals surface area contributed by atoms with E-state index in [1.807, 2.05) is 0 Å². The SMILES string of the molecule is S=C1N[C@@H]2C=C[C@@H]1N2. The third-order valence-corrected chi connectivity index (χ3v) is 1.81. The monoisotopic (exact) mass is 126 g/mol. The molecule has 1 saturated heterocycles. The molecule has 2 N–H and O–H groups in total. The Labute approximate surface area is 53.0 Å². The topological polar surface area (TPSA) is 24.1 Å². The second-order valence-corrected chi connectivity index (χ2v) is 2.46. The molecule has 42 valence electrons. The third kappa shape index (κ3) is 0.428. The zero-order valence-corrected chi connectivity index (χ0v) is 5.03. The molecular formula is C5H6N2S. The van der Waals surface area contributed by atoms with Crippen molar-refractivity contribution in [3.8, 4) is 0 Å². The van der Waals surface area contributed by atoms with Gasteiger partial charge in [-0.15, -0.1) is 0 Å². The van der Waals surface area contributed by atoms with Crippen molar-refractivity contribution in [3.05, 3.63) is 12.2 Å². The zero-order valence-electron chi connectivity index (χ0n) is 4.22. The molecule has 2 bridgehead atoms. The first-order valence-corrected chi connectivity index (χ1v) is 3.02. The van der Waals surface area contributed by atoms with Gasteiger partial charge in [0.2, 0.25) is 0 Å². The molecule has 0 amide bonds. The highest BCUT2D eigenvalue weighted by Crippen LogP contribution is 2.08. The second-order valence-electron chi connectivity index (χ2n) is 2.02. The Bertz CT molecular complexity index is 164. The molecular weight excluding hydrogens is 120 g/mol. The van der Waals surface area contributed by atoms with Crippen LogP contribution in [-0.2, 0) is 0 Å². The van der Waals surface area contributed by atoms with Gasteiger partial charge < -0.3 is 5.32 Å². The average Bonchev–Trinajstić information content (AvgIpc) is 2.23. The minimum atomic E-state index is 0.326. The van der Waals surface area contributed by atoms with E-state index in [2.05, 4.69) is 22.8 Å². The van der Waals surface area contributed by atoms with E-state index >= 15 is 0 Å². The summed E-state index contributed by atoms with van der Waals surface area (Å²) >= 11 is 4.95. The van der Waals surface area contributed by atoms with Crippen LogP contribution in [0.15, 0.2) is 12.2 Å². The number of fused-ring (bicyclic) bond motifs is 2. The minimum absolute atomic E-state index is 0.326. The highest BCUT2D eigenvalue weighted by atomic mass is 32.1. The van der Waals surface area contributed by atoms with Crippen LogP contribution in [0.4, 0.5) is 0 Å². The summed E-state index contributed by atoms with van der Waals surface area (Å²) in [6.07, 6.45) is 4.50. The molecule has 2 heterocycles.